The minimum Gasteiger partial charge on any atom is -0.465 e. The summed E-state index contributed by atoms with van der Waals surface area (Å²) < 4.78 is 7.79. The fourth-order valence-corrected chi connectivity index (χ4v) is 4.58. The zero-order valence-corrected chi connectivity index (χ0v) is 22.7. The molecule has 0 aromatic rings. The Bertz CT molecular complexity index is 794. The Morgan fingerprint density at radius 2 is 1.89 bits per heavy atom. The number of Topliss-reactive ketones (excluding diaryl/α,β-unsaturated/α-hetero) is 1. The van der Waals surface area contributed by atoms with Crippen molar-refractivity contribution in [2.45, 2.75) is 65.0 Å². The van der Waals surface area contributed by atoms with Crippen molar-refractivity contribution in [2.24, 2.45) is 5.92 Å². The number of carbonyl (C=O) groups is 5. The summed E-state index contributed by atoms with van der Waals surface area (Å²) in [6.07, 6.45) is 0.563. The van der Waals surface area contributed by atoms with Gasteiger partial charge in [-0.3, -0.25) is 28.9 Å². The number of hydrogen-bond donors (Lipinski definition) is 4. The van der Waals surface area contributed by atoms with Gasteiger partial charge in [0.25, 0.3) is 5.91 Å². The molecule has 3 amide bonds. The second-order valence-corrected chi connectivity index (χ2v) is 9.01. The highest BCUT2D eigenvalue weighted by Crippen LogP contribution is 2.23. The van der Waals surface area contributed by atoms with E-state index < -0.39 is 54.0 Å². The Kier molecular flexibility index (Phi) is 13.4. The van der Waals surface area contributed by atoms with Crippen molar-refractivity contribution < 1.29 is 33.8 Å². The van der Waals surface area contributed by atoms with E-state index in [9.17, 15) is 29.1 Å². The molecule has 0 aliphatic carbocycles. The average Bonchev–Trinajstić information content (AvgIpc) is 3.12. The Morgan fingerprint density at radius 1 is 1.23 bits per heavy atom. The molecule has 4 N–H and O–H groups in total. The number of rotatable bonds is 14. The number of esters is 1. The van der Waals surface area contributed by atoms with E-state index >= 15 is 0 Å². The lowest BCUT2D eigenvalue weighted by atomic mass is 10.0. The van der Waals surface area contributed by atoms with Crippen LogP contribution in [0, 0.1) is 5.92 Å². The normalized spacial score (nSPS) is 19.7. The summed E-state index contributed by atoms with van der Waals surface area (Å²) in [4.78, 5) is 65.6. The van der Waals surface area contributed by atoms with Gasteiger partial charge in [0.15, 0.2) is 6.35 Å². The number of aliphatic hydroxyl groups excluding tert-OH is 1. The van der Waals surface area contributed by atoms with Gasteiger partial charge < -0.3 is 20.5 Å². The van der Waals surface area contributed by atoms with Gasteiger partial charge in [-0.25, -0.2) is 8.43 Å². The smallest absolute Gasteiger partial charge is 0.320 e. The Morgan fingerprint density at radius 3 is 2.40 bits per heavy atom. The maximum absolute atomic E-state index is 13.3. The lowest BCUT2D eigenvalue weighted by molar-refractivity contribution is -0.159. The number of amides is 3. The molecule has 0 aromatic heterocycles. The van der Waals surface area contributed by atoms with Crippen molar-refractivity contribution in [3.8, 4) is 0 Å². The molecule has 0 saturated carbocycles. The molecule has 1 fully saturated rings. The van der Waals surface area contributed by atoms with Gasteiger partial charge in [-0.2, -0.15) is 0 Å². The second-order valence-electron chi connectivity index (χ2n) is 8.39. The first-order valence-corrected chi connectivity index (χ1v) is 12.6. The molecule has 35 heavy (non-hydrogen) atoms. The minimum absolute atomic E-state index is 0.0944. The fraction of sp³-hybridized carbons (Fsp3) is 0.682. The molecule has 12 nitrogen and oxygen atoms in total. The molecule has 1 aliphatic heterocycles. The van der Waals surface area contributed by atoms with E-state index in [0.717, 1.165) is 4.90 Å². The summed E-state index contributed by atoms with van der Waals surface area (Å²) >= 11 is 1.83. The van der Waals surface area contributed by atoms with Crippen LogP contribution < -0.4 is 14.2 Å². The van der Waals surface area contributed by atoms with E-state index in [-0.39, 0.29) is 38.6 Å². The van der Waals surface area contributed by atoms with Gasteiger partial charge in [0, 0.05) is 36.0 Å². The van der Waals surface area contributed by atoms with Gasteiger partial charge >= 0.3 is 5.97 Å². The molecular formula is C22H36IN5O7. The molecule has 4 unspecified atom stereocenters. The number of nitrogens with one attached hydrogen (secondary N) is 3. The lowest BCUT2D eigenvalue weighted by Gasteiger charge is -2.32. The second kappa shape index (κ2) is 15.1. The lowest BCUT2D eigenvalue weighted by Crippen LogP contribution is -2.58. The van der Waals surface area contributed by atoms with Crippen LogP contribution in [0.3, 0.4) is 0 Å². The van der Waals surface area contributed by atoms with Crippen molar-refractivity contribution in [3.05, 3.63) is 12.7 Å². The van der Waals surface area contributed by atoms with Gasteiger partial charge in [-0.1, -0.05) is 33.3 Å². The number of halogens is 1. The van der Waals surface area contributed by atoms with Crippen LogP contribution >= 0.6 is 22.9 Å². The van der Waals surface area contributed by atoms with E-state index in [1.54, 1.807) is 27.7 Å². The molecule has 1 rings (SSSR count). The minimum atomic E-state index is -1.56. The van der Waals surface area contributed by atoms with Crippen LogP contribution in [0.25, 0.3) is 0 Å². The monoisotopic (exact) mass is 609 g/mol. The highest BCUT2D eigenvalue weighted by Gasteiger charge is 2.48. The molecule has 0 aromatic carbocycles. The van der Waals surface area contributed by atoms with Crippen molar-refractivity contribution in [3.63, 3.8) is 0 Å². The van der Waals surface area contributed by atoms with Crippen molar-refractivity contribution in [1.29, 1.82) is 0 Å². The van der Waals surface area contributed by atoms with Crippen molar-refractivity contribution >= 4 is 52.3 Å². The predicted molar refractivity (Wildman–Crippen MR) is 136 cm³/mol. The van der Waals surface area contributed by atoms with Crippen molar-refractivity contribution in [1.82, 2.24) is 24.0 Å². The topological polar surface area (TPSA) is 157 Å². The Balaban J connectivity index is 3.20. The highest BCUT2D eigenvalue weighted by atomic mass is 127. The first kappa shape index (κ1) is 30.9. The fourth-order valence-electron chi connectivity index (χ4n) is 3.59. The average molecular weight is 609 g/mol. The molecule has 0 spiro atoms. The molecule has 198 valence electrons. The summed E-state index contributed by atoms with van der Waals surface area (Å²) in [5, 5.41) is 15.8. The van der Waals surface area contributed by atoms with E-state index in [1.165, 1.54) is 11.0 Å². The van der Waals surface area contributed by atoms with Crippen molar-refractivity contribution in [2.75, 3.05) is 26.2 Å². The Hall–Kier alpha value is -2.10. The summed E-state index contributed by atoms with van der Waals surface area (Å²) in [6.45, 7) is 10.2. The van der Waals surface area contributed by atoms with Crippen LogP contribution in [0.4, 0.5) is 0 Å². The van der Waals surface area contributed by atoms with Crippen LogP contribution in [0.2, 0.25) is 0 Å². The largest absolute Gasteiger partial charge is 0.465 e. The number of carbonyl (C=O) groups excluding carboxylic acids is 5. The molecule has 4 atom stereocenters. The number of aliphatic hydroxyl groups is 1. The zero-order chi connectivity index (χ0) is 26.7. The summed E-state index contributed by atoms with van der Waals surface area (Å²) in [5.74, 6) is -3.74. The molecule has 1 saturated heterocycles. The van der Waals surface area contributed by atoms with E-state index in [4.69, 9.17) is 4.74 Å². The Labute approximate surface area is 219 Å². The highest BCUT2D eigenvalue weighted by molar-refractivity contribution is 14.1. The third kappa shape index (κ3) is 8.51. The zero-order valence-electron chi connectivity index (χ0n) is 20.6. The molecule has 13 heteroatoms. The van der Waals surface area contributed by atoms with E-state index in [0.29, 0.717) is 6.42 Å². The third-order valence-corrected chi connectivity index (χ3v) is 6.08. The first-order chi connectivity index (χ1) is 16.5. The molecule has 0 bridgehead atoms. The number of ketones is 1. The molecular weight excluding hydrogens is 573 g/mol. The van der Waals surface area contributed by atoms with Gasteiger partial charge in [0.1, 0.15) is 12.6 Å². The predicted octanol–water partition coefficient (Wildman–Crippen LogP) is -0.541. The standard InChI is InChI=1S/C22H36IN5O7/c1-6-9-14(18(30)20(32)24-10-7-2)25-19(31)15-11-27(12-16(29)35-8-3)22(34)28(15)21(33)17(26-23)13(4)5/h7,13-15,17,22,26,34H,2,6,8-12H2,1,3-5H3,(H,24,32)(H,25,31). The third-order valence-electron chi connectivity index (χ3n) is 5.40. The quantitative estimate of drug-likeness (QED) is 0.0668. The van der Waals surface area contributed by atoms with Crippen LogP contribution in [0.5, 0.6) is 0 Å². The van der Waals surface area contributed by atoms with E-state index in [1.807, 2.05) is 22.9 Å². The summed E-state index contributed by atoms with van der Waals surface area (Å²) in [7, 11) is 0. The molecule has 1 aliphatic rings. The van der Waals surface area contributed by atoms with Gasteiger partial charge in [0.2, 0.25) is 17.6 Å². The maximum atomic E-state index is 13.3. The summed E-state index contributed by atoms with van der Waals surface area (Å²) in [6, 6.07) is -3.05. The van der Waals surface area contributed by atoms with Crippen LogP contribution in [-0.2, 0) is 28.7 Å². The van der Waals surface area contributed by atoms with Gasteiger partial charge in [0.05, 0.1) is 18.7 Å². The SMILES string of the molecule is C=CCNC(=O)C(=O)C(CCC)NC(=O)C1CN(CC(=O)OCC)C(O)N1C(=O)C(NI)C(C)C. The maximum Gasteiger partial charge on any atom is 0.320 e. The number of hydrogen-bond acceptors (Lipinski definition) is 9. The van der Waals surface area contributed by atoms with Gasteiger partial charge in [-0.05, 0) is 19.3 Å². The van der Waals surface area contributed by atoms with Gasteiger partial charge in [-0.15, -0.1) is 6.58 Å². The molecule has 1 heterocycles. The van der Waals surface area contributed by atoms with Crippen LogP contribution in [-0.4, -0.2) is 95.1 Å². The molecule has 0 radical (unpaired) electrons. The van der Waals surface area contributed by atoms with E-state index in [2.05, 4.69) is 20.7 Å². The van der Waals surface area contributed by atoms with Crippen LogP contribution in [0.1, 0.15) is 40.5 Å². The number of nitrogens with zero attached hydrogens (tertiary/aromatic N) is 2. The first-order valence-electron chi connectivity index (χ1n) is 11.5. The number of ether oxygens (including phenoxy) is 1. The van der Waals surface area contributed by atoms with Crippen LogP contribution in [0.15, 0.2) is 12.7 Å². The summed E-state index contributed by atoms with van der Waals surface area (Å²) in [5.41, 5.74) is 0.